The number of aromatic carboxylic acids is 1. The van der Waals surface area contributed by atoms with Crippen LogP contribution in [0, 0.1) is 5.92 Å². The van der Waals surface area contributed by atoms with Gasteiger partial charge >= 0.3 is 5.97 Å². The molecule has 8 heteroatoms. The molecule has 0 saturated carbocycles. The van der Waals surface area contributed by atoms with E-state index in [0.29, 0.717) is 6.54 Å². The maximum absolute atomic E-state index is 12.2. The Balaban J connectivity index is 2.12. The summed E-state index contributed by atoms with van der Waals surface area (Å²) in [7, 11) is -1.74. The van der Waals surface area contributed by atoms with Crippen molar-refractivity contribution in [3.05, 3.63) is 28.8 Å². The van der Waals surface area contributed by atoms with Crippen molar-refractivity contribution >= 4 is 27.6 Å². The molecule has 0 bridgehead atoms. The first-order valence-electron chi connectivity index (χ1n) is 6.50. The molecular weight excluding hydrogens is 316 g/mol. The molecule has 2 rings (SSSR count). The van der Waals surface area contributed by atoms with Crippen LogP contribution >= 0.6 is 11.6 Å². The summed E-state index contributed by atoms with van der Waals surface area (Å²) in [5.74, 6) is -0.981. The Kier molecular flexibility index (Phi) is 4.88. The van der Waals surface area contributed by atoms with Crippen molar-refractivity contribution in [2.24, 2.45) is 5.92 Å². The third-order valence-electron chi connectivity index (χ3n) is 3.53. The zero-order valence-electron chi connectivity index (χ0n) is 11.5. The molecule has 1 heterocycles. The highest BCUT2D eigenvalue weighted by atomic mass is 35.5. The van der Waals surface area contributed by atoms with E-state index in [1.54, 1.807) is 0 Å². The molecule has 116 valence electrons. The van der Waals surface area contributed by atoms with E-state index in [2.05, 4.69) is 9.62 Å². The van der Waals surface area contributed by atoms with E-state index in [4.69, 9.17) is 16.7 Å². The summed E-state index contributed by atoms with van der Waals surface area (Å²) in [5, 5.41) is 9.00. The molecule has 0 spiro atoms. The number of benzene rings is 1. The van der Waals surface area contributed by atoms with Crippen LogP contribution in [0.4, 0.5) is 0 Å². The molecule has 1 atom stereocenters. The fourth-order valence-corrected chi connectivity index (χ4v) is 3.68. The van der Waals surface area contributed by atoms with Crippen LogP contribution < -0.4 is 4.72 Å². The largest absolute Gasteiger partial charge is 0.478 e. The standard InChI is InChI=1S/C13H17ClN2O4S/c1-16-5-4-9(8-16)7-15-21(19,20)10-2-3-12(14)11(6-10)13(17)18/h2-3,6,9,15H,4-5,7-8H2,1H3,(H,17,18). The molecule has 1 fully saturated rings. The van der Waals surface area contributed by atoms with Crippen LogP contribution in [0.2, 0.25) is 5.02 Å². The summed E-state index contributed by atoms with van der Waals surface area (Å²) in [5.41, 5.74) is -0.222. The predicted octanol–water partition coefficient (Wildman–Crippen LogP) is 1.27. The monoisotopic (exact) mass is 332 g/mol. The van der Waals surface area contributed by atoms with E-state index in [9.17, 15) is 13.2 Å². The second-order valence-electron chi connectivity index (χ2n) is 5.22. The molecule has 0 aliphatic carbocycles. The number of sulfonamides is 1. The second kappa shape index (κ2) is 6.31. The Labute approximate surface area is 128 Å². The van der Waals surface area contributed by atoms with Crippen molar-refractivity contribution in [3.8, 4) is 0 Å². The summed E-state index contributed by atoms with van der Waals surface area (Å²) in [6.07, 6.45) is 0.944. The van der Waals surface area contributed by atoms with Gasteiger partial charge in [-0.25, -0.2) is 17.9 Å². The van der Waals surface area contributed by atoms with Crippen LogP contribution in [0.15, 0.2) is 23.1 Å². The van der Waals surface area contributed by atoms with Gasteiger partial charge < -0.3 is 10.0 Å². The van der Waals surface area contributed by atoms with E-state index >= 15 is 0 Å². The Bertz CT molecular complexity index is 648. The summed E-state index contributed by atoms with van der Waals surface area (Å²) < 4.78 is 26.9. The highest BCUT2D eigenvalue weighted by Gasteiger charge is 2.23. The van der Waals surface area contributed by atoms with E-state index in [1.165, 1.54) is 12.1 Å². The average Bonchev–Trinajstić information content (AvgIpc) is 2.82. The average molecular weight is 333 g/mol. The number of halogens is 1. The number of likely N-dealkylation sites (tertiary alicyclic amines) is 1. The number of nitrogens with one attached hydrogen (secondary N) is 1. The van der Waals surface area contributed by atoms with Crippen LogP contribution in [0.3, 0.4) is 0 Å². The summed E-state index contributed by atoms with van der Waals surface area (Å²) in [6, 6.07) is 3.66. The van der Waals surface area contributed by atoms with Gasteiger partial charge in [-0.05, 0) is 44.1 Å². The van der Waals surface area contributed by atoms with Gasteiger partial charge in [0.1, 0.15) is 0 Å². The van der Waals surface area contributed by atoms with Gasteiger partial charge in [-0.2, -0.15) is 0 Å². The molecule has 1 aliphatic rings. The topological polar surface area (TPSA) is 86.7 Å². The fourth-order valence-electron chi connectivity index (χ4n) is 2.34. The number of hydrogen-bond acceptors (Lipinski definition) is 4. The number of carboxylic acid groups (broad SMARTS) is 1. The van der Waals surface area contributed by atoms with Gasteiger partial charge in [0, 0.05) is 13.1 Å². The highest BCUT2D eigenvalue weighted by molar-refractivity contribution is 7.89. The van der Waals surface area contributed by atoms with Crippen LogP contribution in [0.1, 0.15) is 16.8 Å². The Morgan fingerprint density at radius 1 is 1.52 bits per heavy atom. The smallest absolute Gasteiger partial charge is 0.337 e. The molecule has 6 nitrogen and oxygen atoms in total. The molecule has 0 aromatic heterocycles. The van der Waals surface area contributed by atoms with E-state index in [0.717, 1.165) is 25.6 Å². The molecule has 0 amide bonds. The van der Waals surface area contributed by atoms with Gasteiger partial charge in [0.15, 0.2) is 0 Å². The van der Waals surface area contributed by atoms with Gasteiger partial charge in [0.2, 0.25) is 10.0 Å². The lowest BCUT2D eigenvalue weighted by Gasteiger charge is -2.12. The lowest BCUT2D eigenvalue weighted by atomic mass is 10.1. The number of rotatable bonds is 5. The van der Waals surface area contributed by atoms with Crippen molar-refractivity contribution in [3.63, 3.8) is 0 Å². The molecule has 1 unspecified atom stereocenters. The molecule has 1 aromatic rings. The van der Waals surface area contributed by atoms with Crippen LogP contribution in [0.5, 0.6) is 0 Å². The minimum Gasteiger partial charge on any atom is -0.478 e. The van der Waals surface area contributed by atoms with Gasteiger partial charge in [-0.1, -0.05) is 11.6 Å². The van der Waals surface area contributed by atoms with E-state index in [1.807, 2.05) is 7.05 Å². The van der Waals surface area contributed by atoms with Crippen molar-refractivity contribution in [2.75, 3.05) is 26.7 Å². The van der Waals surface area contributed by atoms with Crippen molar-refractivity contribution in [1.29, 1.82) is 0 Å². The highest BCUT2D eigenvalue weighted by Crippen LogP contribution is 2.21. The van der Waals surface area contributed by atoms with Crippen molar-refractivity contribution in [1.82, 2.24) is 9.62 Å². The lowest BCUT2D eigenvalue weighted by Crippen LogP contribution is -2.30. The van der Waals surface area contributed by atoms with Crippen LogP contribution in [-0.4, -0.2) is 51.1 Å². The maximum Gasteiger partial charge on any atom is 0.337 e. The summed E-state index contributed by atoms with van der Waals surface area (Å²) in [6.45, 7) is 2.15. The van der Waals surface area contributed by atoms with E-state index < -0.39 is 16.0 Å². The van der Waals surface area contributed by atoms with E-state index in [-0.39, 0.29) is 21.4 Å². The Hall–Kier alpha value is -1.15. The maximum atomic E-state index is 12.2. The third-order valence-corrected chi connectivity index (χ3v) is 5.28. The van der Waals surface area contributed by atoms with Gasteiger partial charge in [-0.15, -0.1) is 0 Å². The minimum absolute atomic E-state index is 0.0128. The Morgan fingerprint density at radius 3 is 2.81 bits per heavy atom. The SMILES string of the molecule is CN1CCC(CNS(=O)(=O)c2ccc(Cl)c(C(=O)O)c2)C1. The van der Waals surface area contributed by atoms with Crippen molar-refractivity contribution < 1.29 is 18.3 Å². The molecular formula is C13H17ClN2O4S. The molecule has 2 N–H and O–H groups in total. The van der Waals surface area contributed by atoms with Gasteiger partial charge in [-0.3, -0.25) is 0 Å². The number of nitrogens with zero attached hydrogens (tertiary/aromatic N) is 1. The molecule has 21 heavy (non-hydrogen) atoms. The minimum atomic E-state index is -3.73. The quantitative estimate of drug-likeness (QED) is 0.848. The zero-order valence-corrected chi connectivity index (χ0v) is 13.1. The zero-order chi connectivity index (χ0) is 15.6. The first-order chi connectivity index (χ1) is 9.79. The van der Waals surface area contributed by atoms with Crippen molar-refractivity contribution in [2.45, 2.75) is 11.3 Å². The second-order valence-corrected chi connectivity index (χ2v) is 7.39. The predicted molar refractivity (Wildman–Crippen MR) is 79.2 cm³/mol. The van der Waals surface area contributed by atoms with Crippen LogP contribution in [-0.2, 0) is 10.0 Å². The molecule has 1 aromatic carbocycles. The van der Waals surface area contributed by atoms with Gasteiger partial charge in [0.25, 0.3) is 0 Å². The molecule has 1 saturated heterocycles. The Morgan fingerprint density at radius 2 is 2.24 bits per heavy atom. The van der Waals surface area contributed by atoms with Crippen LogP contribution in [0.25, 0.3) is 0 Å². The first-order valence-corrected chi connectivity index (χ1v) is 8.37. The van der Waals surface area contributed by atoms with Gasteiger partial charge in [0.05, 0.1) is 15.5 Å². The molecule has 1 aliphatic heterocycles. The number of carbonyl (C=O) groups is 1. The fraction of sp³-hybridized carbons (Fsp3) is 0.462. The number of hydrogen-bond donors (Lipinski definition) is 2. The normalized spacial score (nSPS) is 19.8. The first kappa shape index (κ1) is 16.2. The third kappa shape index (κ3) is 3.94. The summed E-state index contributed by atoms with van der Waals surface area (Å²) in [4.78, 5) is 13.1. The number of carboxylic acids is 1. The lowest BCUT2D eigenvalue weighted by molar-refractivity contribution is 0.0697. The molecule has 0 radical (unpaired) electrons. The summed E-state index contributed by atoms with van der Waals surface area (Å²) >= 11 is 5.74.